The van der Waals surface area contributed by atoms with Crippen molar-refractivity contribution in [3.05, 3.63) is 0 Å². The summed E-state index contributed by atoms with van der Waals surface area (Å²) in [6, 6.07) is 0.589. The smallest absolute Gasteiger partial charge is 0.225 e. The van der Waals surface area contributed by atoms with Crippen LogP contribution in [0.1, 0.15) is 71.1 Å². The van der Waals surface area contributed by atoms with Gasteiger partial charge in [-0.25, -0.2) is 0 Å². The van der Waals surface area contributed by atoms with E-state index in [0.717, 1.165) is 57.7 Å². The Balaban J connectivity index is 1.37. The molecule has 29 heavy (non-hydrogen) atoms. The van der Waals surface area contributed by atoms with Gasteiger partial charge < -0.3 is 20.4 Å². The maximum absolute atomic E-state index is 12.7. The van der Waals surface area contributed by atoms with Crippen LogP contribution < -0.4 is 10.6 Å². The third-order valence-corrected chi connectivity index (χ3v) is 6.77. The summed E-state index contributed by atoms with van der Waals surface area (Å²) >= 11 is 0. The van der Waals surface area contributed by atoms with E-state index in [1.54, 1.807) is 7.05 Å². The van der Waals surface area contributed by atoms with Crippen molar-refractivity contribution in [3.8, 4) is 0 Å². The number of aliphatic imine (C=N–C) groups is 1. The molecule has 164 valence electrons. The predicted molar refractivity (Wildman–Crippen MR) is 116 cm³/mol. The molecule has 1 saturated carbocycles. The maximum atomic E-state index is 12.7. The van der Waals surface area contributed by atoms with Gasteiger partial charge in [0.1, 0.15) is 0 Å². The third-order valence-electron chi connectivity index (χ3n) is 6.77. The molecule has 3 fully saturated rings. The topological polar surface area (TPSA) is 77.0 Å². The van der Waals surface area contributed by atoms with Crippen LogP contribution in [0.5, 0.6) is 0 Å². The highest BCUT2D eigenvalue weighted by Crippen LogP contribution is 2.26. The van der Waals surface area contributed by atoms with Gasteiger partial charge in [-0.1, -0.05) is 19.3 Å². The van der Waals surface area contributed by atoms with E-state index in [2.05, 4.69) is 22.5 Å². The fraction of sp³-hybridized carbons (Fsp3) is 0.864. The van der Waals surface area contributed by atoms with Crippen LogP contribution in [0.4, 0.5) is 0 Å². The molecule has 0 bridgehead atoms. The number of amides is 2. The Morgan fingerprint density at radius 3 is 2.48 bits per heavy atom. The minimum absolute atomic E-state index is 0.227. The molecule has 0 aromatic carbocycles. The molecule has 2 aliphatic heterocycles. The first-order chi connectivity index (χ1) is 14.1. The molecular weight excluding hydrogens is 366 g/mol. The van der Waals surface area contributed by atoms with E-state index in [9.17, 15) is 9.59 Å². The molecule has 0 spiro atoms. The van der Waals surface area contributed by atoms with Crippen molar-refractivity contribution < 1.29 is 9.59 Å². The van der Waals surface area contributed by atoms with E-state index >= 15 is 0 Å². The van der Waals surface area contributed by atoms with Gasteiger partial charge in [-0.2, -0.15) is 0 Å². The van der Waals surface area contributed by atoms with Gasteiger partial charge in [0.2, 0.25) is 11.8 Å². The minimum atomic E-state index is 0.227. The molecule has 3 aliphatic rings. The van der Waals surface area contributed by atoms with Gasteiger partial charge in [0.05, 0.1) is 0 Å². The summed E-state index contributed by atoms with van der Waals surface area (Å²) in [6.45, 7) is 5.19. The van der Waals surface area contributed by atoms with Crippen molar-refractivity contribution in [2.75, 3.05) is 33.2 Å². The summed E-state index contributed by atoms with van der Waals surface area (Å²) < 4.78 is 0. The minimum Gasteiger partial charge on any atom is -0.356 e. The lowest BCUT2D eigenvalue weighted by Crippen LogP contribution is -2.47. The van der Waals surface area contributed by atoms with Crippen molar-refractivity contribution in [1.82, 2.24) is 20.4 Å². The summed E-state index contributed by atoms with van der Waals surface area (Å²) in [5.74, 6) is 1.54. The van der Waals surface area contributed by atoms with E-state index in [1.165, 1.54) is 25.7 Å². The molecule has 7 heteroatoms. The zero-order valence-electron chi connectivity index (χ0n) is 18.3. The van der Waals surface area contributed by atoms with Crippen LogP contribution in [0, 0.1) is 5.92 Å². The van der Waals surface area contributed by atoms with Crippen molar-refractivity contribution in [3.63, 3.8) is 0 Å². The summed E-state index contributed by atoms with van der Waals surface area (Å²) in [7, 11) is 1.75. The number of likely N-dealkylation sites (tertiary alicyclic amines) is 2. The van der Waals surface area contributed by atoms with Crippen LogP contribution in [0.25, 0.3) is 0 Å². The van der Waals surface area contributed by atoms with E-state index in [1.807, 2.05) is 9.80 Å². The first kappa shape index (κ1) is 21.9. The lowest BCUT2D eigenvalue weighted by Gasteiger charge is -2.33. The molecule has 2 saturated heterocycles. The summed E-state index contributed by atoms with van der Waals surface area (Å²) in [5, 5.41) is 6.71. The number of hydrogen-bond acceptors (Lipinski definition) is 3. The highest BCUT2D eigenvalue weighted by molar-refractivity contribution is 5.82. The summed E-state index contributed by atoms with van der Waals surface area (Å²) in [6.07, 6.45) is 10.7. The van der Waals surface area contributed by atoms with Crippen molar-refractivity contribution in [2.24, 2.45) is 10.9 Å². The Labute approximate surface area is 175 Å². The first-order valence-electron chi connectivity index (χ1n) is 11.6. The van der Waals surface area contributed by atoms with Gasteiger partial charge in [0.25, 0.3) is 0 Å². The molecule has 0 aromatic rings. The number of piperidine rings is 1. The van der Waals surface area contributed by atoms with Crippen LogP contribution in [0.3, 0.4) is 0 Å². The summed E-state index contributed by atoms with van der Waals surface area (Å²) in [4.78, 5) is 33.6. The second kappa shape index (κ2) is 10.8. The van der Waals surface area contributed by atoms with Crippen LogP contribution in [0.15, 0.2) is 4.99 Å². The third kappa shape index (κ3) is 6.09. The Bertz CT molecular complexity index is 588. The highest BCUT2D eigenvalue weighted by atomic mass is 16.2. The average Bonchev–Trinajstić information content (AvgIpc) is 3.21. The number of hydrogen-bond donors (Lipinski definition) is 2. The zero-order valence-corrected chi connectivity index (χ0v) is 18.3. The van der Waals surface area contributed by atoms with Crippen LogP contribution in [-0.4, -0.2) is 72.9 Å². The predicted octanol–water partition coefficient (Wildman–Crippen LogP) is 2.12. The van der Waals surface area contributed by atoms with E-state index in [4.69, 9.17) is 0 Å². The van der Waals surface area contributed by atoms with E-state index in [0.29, 0.717) is 24.9 Å². The molecular formula is C22H39N5O2. The molecule has 2 amide bonds. The molecule has 0 radical (unpaired) electrons. The molecule has 2 N–H and O–H groups in total. The van der Waals surface area contributed by atoms with Crippen LogP contribution >= 0.6 is 0 Å². The van der Waals surface area contributed by atoms with Gasteiger partial charge in [0, 0.05) is 57.6 Å². The van der Waals surface area contributed by atoms with E-state index < -0.39 is 0 Å². The molecule has 0 aromatic heterocycles. The number of carbonyl (C=O) groups excluding carboxylic acids is 2. The fourth-order valence-corrected chi connectivity index (χ4v) is 4.97. The molecule has 3 rings (SSSR count). The molecule has 1 aliphatic carbocycles. The number of carbonyl (C=O) groups is 2. The number of nitrogens with zero attached hydrogens (tertiary/aromatic N) is 3. The quantitative estimate of drug-likeness (QED) is 0.543. The Hall–Kier alpha value is -1.79. The number of nitrogens with one attached hydrogen (secondary N) is 2. The Morgan fingerprint density at radius 1 is 1.00 bits per heavy atom. The van der Waals surface area contributed by atoms with E-state index in [-0.39, 0.29) is 17.9 Å². The number of rotatable bonds is 5. The lowest BCUT2D eigenvalue weighted by molar-refractivity contribution is -0.135. The second-order valence-electron chi connectivity index (χ2n) is 8.93. The normalized spacial score (nSPS) is 26.5. The maximum Gasteiger partial charge on any atom is 0.225 e. The van der Waals surface area contributed by atoms with Gasteiger partial charge in [-0.05, 0) is 45.4 Å². The van der Waals surface area contributed by atoms with Gasteiger partial charge >= 0.3 is 0 Å². The summed E-state index contributed by atoms with van der Waals surface area (Å²) in [5.41, 5.74) is 0. The van der Waals surface area contributed by atoms with Crippen molar-refractivity contribution >= 4 is 17.8 Å². The molecule has 7 nitrogen and oxygen atoms in total. The SMILES string of the molecule is CN=C(NCCC(=O)N1CCCCC1C)NC1CCN(C(=O)C2CCCCC2)C1. The van der Waals surface area contributed by atoms with Gasteiger partial charge in [-0.3, -0.25) is 14.6 Å². The number of guanidine groups is 1. The highest BCUT2D eigenvalue weighted by Gasteiger charge is 2.31. The first-order valence-corrected chi connectivity index (χ1v) is 11.6. The van der Waals surface area contributed by atoms with Crippen molar-refractivity contribution in [2.45, 2.75) is 83.2 Å². The standard InChI is InChI=1S/C22H39N5O2/c1-17-8-6-7-14-27(17)20(28)11-13-24-22(23-2)25-19-12-15-26(16-19)21(29)18-9-4-3-5-10-18/h17-19H,3-16H2,1-2H3,(H2,23,24,25). The van der Waals surface area contributed by atoms with Crippen LogP contribution in [0.2, 0.25) is 0 Å². The van der Waals surface area contributed by atoms with Gasteiger partial charge in [-0.15, -0.1) is 0 Å². The molecule has 2 heterocycles. The monoisotopic (exact) mass is 405 g/mol. The average molecular weight is 406 g/mol. The fourth-order valence-electron chi connectivity index (χ4n) is 4.97. The lowest BCUT2D eigenvalue weighted by atomic mass is 9.88. The second-order valence-corrected chi connectivity index (χ2v) is 8.93. The Kier molecular flexibility index (Phi) is 8.19. The zero-order chi connectivity index (χ0) is 20.6. The molecule has 2 atom stereocenters. The van der Waals surface area contributed by atoms with Crippen LogP contribution in [-0.2, 0) is 9.59 Å². The van der Waals surface area contributed by atoms with Gasteiger partial charge in [0.15, 0.2) is 5.96 Å². The van der Waals surface area contributed by atoms with Crippen molar-refractivity contribution in [1.29, 1.82) is 0 Å². The largest absolute Gasteiger partial charge is 0.356 e. The molecule has 2 unspecified atom stereocenters. The Morgan fingerprint density at radius 2 is 1.76 bits per heavy atom.